The van der Waals surface area contributed by atoms with Crippen LogP contribution in [0.15, 0.2) is 18.2 Å². The quantitative estimate of drug-likeness (QED) is 0.941. The Hall–Kier alpha value is -1.27. The van der Waals surface area contributed by atoms with Gasteiger partial charge in [-0.25, -0.2) is 9.18 Å². The van der Waals surface area contributed by atoms with Crippen molar-refractivity contribution in [2.24, 2.45) is 0 Å². The molecular formula is C13H13FO3S2. The monoisotopic (exact) mass is 300 g/mol. The molecule has 2 rings (SSSR count). The van der Waals surface area contributed by atoms with E-state index in [0.717, 1.165) is 11.3 Å². The van der Waals surface area contributed by atoms with Gasteiger partial charge in [-0.2, -0.15) is 0 Å². The second kappa shape index (κ2) is 5.38. The summed E-state index contributed by atoms with van der Waals surface area (Å²) in [6.07, 6.45) is 0. The van der Waals surface area contributed by atoms with Crippen molar-refractivity contribution in [3.05, 3.63) is 34.5 Å². The lowest BCUT2D eigenvalue weighted by Crippen LogP contribution is -2.10. The first kappa shape index (κ1) is 14.1. The molecule has 1 heterocycles. The van der Waals surface area contributed by atoms with E-state index in [-0.39, 0.29) is 15.9 Å². The fourth-order valence-corrected chi connectivity index (χ4v) is 3.86. The molecule has 1 aromatic carbocycles. The third-order valence-corrected chi connectivity index (χ3v) is 5.58. The summed E-state index contributed by atoms with van der Waals surface area (Å²) in [6, 6.07) is 4.52. The van der Waals surface area contributed by atoms with Crippen LogP contribution in [-0.2, 0) is 16.6 Å². The summed E-state index contributed by atoms with van der Waals surface area (Å²) in [4.78, 5) is 11.3. The van der Waals surface area contributed by atoms with Crippen LogP contribution in [0.25, 0.3) is 10.1 Å². The third kappa shape index (κ3) is 2.69. The molecule has 0 fully saturated rings. The van der Waals surface area contributed by atoms with Gasteiger partial charge >= 0.3 is 5.97 Å². The smallest absolute Gasteiger partial charge is 0.346 e. The molecule has 6 heteroatoms. The van der Waals surface area contributed by atoms with Gasteiger partial charge in [-0.3, -0.25) is 4.21 Å². The first-order chi connectivity index (χ1) is 8.91. The molecule has 0 aliphatic carbocycles. The molecule has 0 amide bonds. The Kier molecular flexibility index (Phi) is 4.01. The average molecular weight is 300 g/mol. The summed E-state index contributed by atoms with van der Waals surface area (Å²) in [5, 5.41) is 9.39. The summed E-state index contributed by atoms with van der Waals surface area (Å²) < 4.78 is 26.4. The fourth-order valence-electron chi connectivity index (χ4n) is 1.79. The maximum atomic E-state index is 13.9. The second-order valence-electron chi connectivity index (χ2n) is 4.40. The summed E-state index contributed by atoms with van der Waals surface area (Å²) in [6.45, 7) is 3.59. The molecule has 0 bridgehead atoms. The van der Waals surface area contributed by atoms with E-state index in [2.05, 4.69) is 0 Å². The van der Waals surface area contributed by atoms with Gasteiger partial charge in [0.2, 0.25) is 0 Å². The number of aromatic carboxylic acids is 1. The van der Waals surface area contributed by atoms with Crippen LogP contribution in [0.4, 0.5) is 4.39 Å². The lowest BCUT2D eigenvalue weighted by molar-refractivity contribution is 0.0701. The SMILES string of the molecule is CC(C)S(=O)Cc1c(C(=O)O)sc2cccc(F)c12. The molecule has 0 saturated carbocycles. The number of carbonyl (C=O) groups is 1. The lowest BCUT2D eigenvalue weighted by atomic mass is 10.1. The Balaban J connectivity index is 2.64. The van der Waals surface area contributed by atoms with Crippen LogP contribution in [0, 0.1) is 5.82 Å². The normalized spacial score (nSPS) is 13.1. The molecule has 3 nitrogen and oxygen atoms in total. The Morgan fingerprint density at radius 2 is 2.16 bits per heavy atom. The lowest BCUT2D eigenvalue weighted by Gasteiger charge is -2.06. The Bertz CT molecular complexity index is 661. The van der Waals surface area contributed by atoms with E-state index in [0.29, 0.717) is 15.6 Å². The highest BCUT2D eigenvalue weighted by atomic mass is 32.2. The standard InChI is InChI=1S/C13H13FO3S2/c1-7(2)19(17)6-8-11-9(14)4-3-5-10(11)18-12(8)13(15)16/h3-5,7H,6H2,1-2H3,(H,15,16). The highest BCUT2D eigenvalue weighted by Crippen LogP contribution is 2.34. The summed E-state index contributed by atoms with van der Waals surface area (Å²) >= 11 is 1.03. The van der Waals surface area contributed by atoms with Crippen LogP contribution in [0.2, 0.25) is 0 Å². The molecule has 0 saturated heterocycles. The van der Waals surface area contributed by atoms with Crippen LogP contribution in [0.1, 0.15) is 29.1 Å². The van der Waals surface area contributed by atoms with E-state index in [1.165, 1.54) is 6.07 Å². The molecule has 19 heavy (non-hydrogen) atoms. The van der Waals surface area contributed by atoms with Gasteiger partial charge in [0, 0.05) is 31.7 Å². The number of hydrogen-bond acceptors (Lipinski definition) is 3. The van der Waals surface area contributed by atoms with Gasteiger partial charge < -0.3 is 5.11 Å². The number of halogens is 1. The number of benzene rings is 1. The Morgan fingerprint density at radius 3 is 2.74 bits per heavy atom. The van der Waals surface area contributed by atoms with Crippen molar-refractivity contribution in [3.63, 3.8) is 0 Å². The maximum absolute atomic E-state index is 13.9. The predicted molar refractivity (Wildman–Crippen MR) is 75.7 cm³/mol. The van der Waals surface area contributed by atoms with Crippen molar-refractivity contribution in [3.8, 4) is 0 Å². The van der Waals surface area contributed by atoms with Gasteiger partial charge in [-0.15, -0.1) is 11.3 Å². The molecule has 1 unspecified atom stereocenters. The van der Waals surface area contributed by atoms with E-state index in [1.807, 2.05) is 0 Å². The van der Waals surface area contributed by atoms with Gasteiger partial charge in [0.15, 0.2) is 0 Å². The molecule has 1 atom stereocenters. The first-order valence-corrected chi connectivity index (χ1v) is 7.92. The van der Waals surface area contributed by atoms with Crippen LogP contribution in [0.3, 0.4) is 0 Å². The molecule has 0 radical (unpaired) electrons. The zero-order chi connectivity index (χ0) is 14.2. The summed E-state index contributed by atoms with van der Waals surface area (Å²) in [5.41, 5.74) is 0.345. The molecule has 1 aromatic heterocycles. The summed E-state index contributed by atoms with van der Waals surface area (Å²) in [7, 11) is -1.22. The van der Waals surface area contributed by atoms with Crippen molar-refractivity contribution in [2.75, 3.05) is 0 Å². The molecule has 1 N–H and O–H groups in total. The topological polar surface area (TPSA) is 54.4 Å². The number of fused-ring (bicyclic) bond motifs is 1. The van der Waals surface area contributed by atoms with E-state index >= 15 is 0 Å². The molecule has 2 aromatic rings. The third-order valence-electron chi connectivity index (χ3n) is 2.77. The number of thiophene rings is 1. The second-order valence-corrected chi connectivity index (χ2v) is 7.45. The van der Waals surface area contributed by atoms with Crippen molar-refractivity contribution in [2.45, 2.75) is 24.9 Å². The van der Waals surface area contributed by atoms with Gasteiger partial charge in [0.1, 0.15) is 10.7 Å². The minimum atomic E-state index is -1.22. The number of carboxylic acid groups (broad SMARTS) is 1. The fraction of sp³-hybridized carbons (Fsp3) is 0.308. The van der Waals surface area contributed by atoms with Crippen LogP contribution >= 0.6 is 11.3 Å². The molecule has 102 valence electrons. The first-order valence-electron chi connectivity index (χ1n) is 5.72. The van der Waals surface area contributed by atoms with Crippen molar-refractivity contribution < 1.29 is 18.5 Å². The maximum Gasteiger partial charge on any atom is 0.346 e. The van der Waals surface area contributed by atoms with Crippen LogP contribution in [0.5, 0.6) is 0 Å². The Morgan fingerprint density at radius 1 is 1.47 bits per heavy atom. The van der Waals surface area contributed by atoms with E-state index < -0.39 is 22.6 Å². The minimum absolute atomic E-state index is 0.0697. The Labute approximate surface area is 116 Å². The number of rotatable bonds is 4. The van der Waals surface area contributed by atoms with Crippen molar-refractivity contribution in [1.82, 2.24) is 0 Å². The molecule has 0 aliphatic heterocycles. The van der Waals surface area contributed by atoms with Gasteiger partial charge in [-0.1, -0.05) is 19.9 Å². The predicted octanol–water partition coefficient (Wildman–Crippen LogP) is 3.40. The average Bonchev–Trinajstić information content (AvgIpc) is 2.69. The summed E-state index contributed by atoms with van der Waals surface area (Å²) in [5.74, 6) is -1.49. The zero-order valence-corrected chi connectivity index (χ0v) is 12.1. The van der Waals surface area contributed by atoms with E-state index in [1.54, 1.807) is 26.0 Å². The van der Waals surface area contributed by atoms with Crippen LogP contribution < -0.4 is 0 Å². The number of hydrogen-bond donors (Lipinski definition) is 1. The highest BCUT2D eigenvalue weighted by molar-refractivity contribution is 7.84. The minimum Gasteiger partial charge on any atom is -0.477 e. The zero-order valence-electron chi connectivity index (χ0n) is 10.5. The molecule has 0 spiro atoms. The van der Waals surface area contributed by atoms with E-state index in [4.69, 9.17) is 0 Å². The van der Waals surface area contributed by atoms with Gasteiger partial charge in [0.25, 0.3) is 0 Å². The van der Waals surface area contributed by atoms with Crippen LogP contribution in [-0.4, -0.2) is 20.5 Å². The van der Waals surface area contributed by atoms with Crippen molar-refractivity contribution in [1.29, 1.82) is 0 Å². The van der Waals surface area contributed by atoms with Gasteiger partial charge in [0.05, 0.1) is 5.75 Å². The van der Waals surface area contributed by atoms with Crippen molar-refractivity contribution >= 4 is 38.2 Å². The molecular weight excluding hydrogens is 287 g/mol. The highest BCUT2D eigenvalue weighted by Gasteiger charge is 2.22. The van der Waals surface area contributed by atoms with E-state index in [9.17, 15) is 18.5 Å². The largest absolute Gasteiger partial charge is 0.477 e. The van der Waals surface area contributed by atoms with Gasteiger partial charge in [-0.05, 0) is 12.1 Å². The molecule has 0 aliphatic rings. The number of carboxylic acids is 1.